The van der Waals surface area contributed by atoms with Gasteiger partial charge in [-0.3, -0.25) is 4.72 Å². The Balaban J connectivity index is 2.04. The van der Waals surface area contributed by atoms with Gasteiger partial charge < -0.3 is 9.51 Å². The first-order chi connectivity index (χ1) is 11.6. The number of nitrogens with one attached hydrogen (secondary N) is 2. The smallest absolute Gasteiger partial charge is 0.298 e. The largest absolute Gasteiger partial charge is 0.358 e. The molecule has 0 saturated carbocycles. The highest BCUT2D eigenvalue weighted by Gasteiger charge is 2.26. The van der Waals surface area contributed by atoms with Gasteiger partial charge in [0.15, 0.2) is 0 Å². The zero-order valence-corrected chi connectivity index (χ0v) is 15.2. The molecule has 0 bridgehead atoms. The molecule has 0 unspecified atom stereocenters. The number of hydrogen-bond donors (Lipinski definition) is 2. The van der Waals surface area contributed by atoms with Crippen LogP contribution in [-0.2, 0) is 15.4 Å². The van der Waals surface area contributed by atoms with Gasteiger partial charge in [-0.15, -0.1) is 0 Å². The monoisotopic (exact) mass is 358 g/mol. The minimum Gasteiger partial charge on any atom is -0.358 e. The summed E-state index contributed by atoms with van der Waals surface area (Å²) in [5.74, 6) is 0. The Morgan fingerprint density at radius 1 is 1.32 bits per heavy atom. The van der Waals surface area contributed by atoms with Gasteiger partial charge in [-0.1, -0.05) is 32.0 Å². The number of nitrogens with zero attached hydrogens (tertiary/aromatic N) is 2. The van der Waals surface area contributed by atoms with Crippen molar-refractivity contribution >= 4 is 26.6 Å². The maximum Gasteiger partial charge on any atom is 0.298 e. The molecule has 0 spiro atoms. The van der Waals surface area contributed by atoms with E-state index in [1.807, 2.05) is 27.7 Å². The summed E-state index contributed by atoms with van der Waals surface area (Å²) in [5.41, 5.74) is 2.46. The van der Waals surface area contributed by atoms with Crippen molar-refractivity contribution in [1.29, 1.82) is 5.26 Å². The zero-order chi connectivity index (χ0) is 18.4. The summed E-state index contributed by atoms with van der Waals surface area (Å²) in [6.07, 6.45) is 1.56. The van der Waals surface area contributed by atoms with E-state index in [0.717, 1.165) is 5.56 Å². The molecule has 0 aliphatic heterocycles. The molecule has 0 amide bonds. The van der Waals surface area contributed by atoms with Crippen molar-refractivity contribution in [3.05, 3.63) is 41.2 Å². The van der Waals surface area contributed by atoms with Crippen LogP contribution in [0.15, 0.2) is 34.0 Å². The van der Waals surface area contributed by atoms with E-state index in [1.165, 1.54) is 6.07 Å². The number of sulfonamides is 1. The second-order valence-electron chi connectivity index (χ2n) is 6.88. The maximum atomic E-state index is 12.6. The first kappa shape index (κ1) is 17.0. The van der Waals surface area contributed by atoms with Crippen LogP contribution in [0, 0.1) is 18.3 Å². The van der Waals surface area contributed by atoms with Crippen LogP contribution in [0.3, 0.4) is 0 Å². The molecule has 3 aromatic rings. The molecule has 2 heterocycles. The fourth-order valence-corrected chi connectivity index (χ4v) is 3.49. The number of anilines is 1. The Morgan fingerprint density at radius 3 is 2.64 bits per heavy atom. The third-order valence-corrected chi connectivity index (χ3v) is 5.14. The molecule has 0 aliphatic rings. The van der Waals surface area contributed by atoms with Crippen LogP contribution in [0.1, 0.15) is 37.6 Å². The molecule has 0 radical (unpaired) electrons. The highest BCUT2D eigenvalue weighted by Crippen LogP contribution is 2.30. The third kappa shape index (κ3) is 2.98. The van der Waals surface area contributed by atoms with Crippen LogP contribution < -0.4 is 4.72 Å². The van der Waals surface area contributed by atoms with Gasteiger partial charge in [0, 0.05) is 23.1 Å². The molecule has 0 aliphatic carbocycles. The highest BCUT2D eigenvalue weighted by atomic mass is 32.2. The van der Waals surface area contributed by atoms with Crippen LogP contribution >= 0.6 is 0 Å². The minimum absolute atomic E-state index is 0.252. The average Bonchev–Trinajstić information content (AvgIpc) is 3.16. The quantitative estimate of drug-likeness (QED) is 0.745. The van der Waals surface area contributed by atoms with Crippen LogP contribution in [-0.4, -0.2) is 18.6 Å². The topological polar surface area (TPSA) is 112 Å². The molecule has 2 aromatic heterocycles. The number of fused-ring (bicyclic) bond motifs is 1. The molecule has 130 valence electrons. The number of rotatable bonds is 3. The normalized spacial score (nSPS) is 12.3. The van der Waals surface area contributed by atoms with Gasteiger partial charge in [0.05, 0.1) is 22.5 Å². The predicted molar refractivity (Wildman–Crippen MR) is 93.8 cm³/mol. The molecular formula is C17H18N4O3S. The van der Waals surface area contributed by atoms with E-state index in [2.05, 4.69) is 20.9 Å². The van der Waals surface area contributed by atoms with Gasteiger partial charge in [-0.2, -0.15) is 13.7 Å². The highest BCUT2D eigenvalue weighted by molar-refractivity contribution is 7.92. The van der Waals surface area contributed by atoms with Crippen molar-refractivity contribution in [2.45, 2.75) is 38.2 Å². The van der Waals surface area contributed by atoms with Crippen LogP contribution in [0.4, 0.5) is 5.69 Å². The Hall–Kier alpha value is -2.79. The number of aromatic amines is 1. The summed E-state index contributed by atoms with van der Waals surface area (Å²) in [4.78, 5) is 2.96. The lowest BCUT2D eigenvalue weighted by atomic mass is 9.93. The molecule has 0 fully saturated rings. The van der Waals surface area contributed by atoms with Crippen molar-refractivity contribution in [2.24, 2.45) is 0 Å². The predicted octanol–water partition coefficient (Wildman–Crippen LogP) is 3.43. The summed E-state index contributed by atoms with van der Waals surface area (Å²) >= 11 is 0. The number of hydrogen-bond acceptors (Lipinski definition) is 5. The molecule has 2 N–H and O–H groups in total. The molecular weight excluding hydrogens is 340 g/mol. The lowest BCUT2D eigenvalue weighted by Gasteiger charge is -2.12. The number of H-pyrrole nitrogens is 1. The minimum atomic E-state index is -3.94. The van der Waals surface area contributed by atoms with Gasteiger partial charge in [0.25, 0.3) is 15.1 Å². The van der Waals surface area contributed by atoms with Crippen molar-refractivity contribution in [2.75, 3.05) is 4.72 Å². The number of aromatic nitrogens is 2. The van der Waals surface area contributed by atoms with Gasteiger partial charge in [0.1, 0.15) is 6.07 Å². The number of nitriles is 1. The van der Waals surface area contributed by atoms with Crippen molar-refractivity contribution < 1.29 is 12.9 Å². The maximum absolute atomic E-state index is 12.6. The van der Waals surface area contributed by atoms with Crippen LogP contribution in [0.25, 0.3) is 10.9 Å². The van der Waals surface area contributed by atoms with Gasteiger partial charge in [-0.05, 0) is 18.6 Å². The lowest BCUT2D eigenvalue weighted by Crippen LogP contribution is -2.13. The number of aryl methyl sites for hydroxylation is 1. The summed E-state index contributed by atoms with van der Waals surface area (Å²) in [7, 11) is -3.94. The molecule has 8 heteroatoms. The molecule has 3 rings (SSSR count). The Morgan fingerprint density at radius 2 is 2.04 bits per heavy atom. The zero-order valence-electron chi connectivity index (χ0n) is 14.3. The first-order valence-electron chi connectivity index (χ1n) is 7.64. The van der Waals surface area contributed by atoms with Crippen LogP contribution in [0.2, 0.25) is 0 Å². The Kier molecular flexibility index (Phi) is 3.84. The van der Waals surface area contributed by atoms with E-state index in [0.29, 0.717) is 27.8 Å². The average molecular weight is 358 g/mol. The summed E-state index contributed by atoms with van der Waals surface area (Å²) in [5, 5.41) is 13.5. The molecule has 25 heavy (non-hydrogen) atoms. The summed E-state index contributed by atoms with van der Waals surface area (Å²) in [6.45, 7) is 7.61. The molecule has 7 nitrogen and oxygen atoms in total. The second-order valence-corrected chi connectivity index (χ2v) is 8.49. The standard InChI is InChI=1S/C17H18N4O3S/c1-10-5-6-12(16-15(10)11(8-18)9-19-16)21-25(22,23)14-7-13(20-24-14)17(2,3)4/h5-7,9,19,21H,1-4H3. The molecule has 0 atom stereocenters. The Labute approximate surface area is 145 Å². The summed E-state index contributed by atoms with van der Waals surface area (Å²) in [6, 6.07) is 6.92. The van der Waals surface area contributed by atoms with E-state index in [1.54, 1.807) is 18.3 Å². The van der Waals surface area contributed by atoms with Gasteiger partial charge in [0.2, 0.25) is 0 Å². The van der Waals surface area contributed by atoms with Gasteiger partial charge in [-0.25, -0.2) is 0 Å². The first-order valence-corrected chi connectivity index (χ1v) is 9.12. The van der Waals surface area contributed by atoms with Crippen molar-refractivity contribution in [1.82, 2.24) is 10.1 Å². The lowest BCUT2D eigenvalue weighted by molar-refractivity contribution is 0.327. The fourth-order valence-electron chi connectivity index (χ4n) is 2.53. The van der Waals surface area contributed by atoms with Gasteiger partial charge >= 0.3 is 0 Å². The van der Waals surface area contributed by atoms with Crippen molar-refractivity contribution in [3.63, 3.8) is 0 Å². The van der Waals surface area contributed by atoms with E-state index < -0.39 is 10.0 Å². The van der Waals surface area contributed by atoms with E-state index in [9.17, 15) is 13.7 Å². The van der Waals surface area contributed by atoms with E-state index >= 15 is 0 Å². The summed E-state index contributed by atoms with van der Waals surface area (Å²) < 4.78 is 32.8. The van der Waals surface area contributed by atoms with Crippen LogP contribution in [0.5, 0.6) is 0 Å². The SMILES string of the molecule is Cc1ccc(NS(=O)(=O)c2cc(C(C)(C)C)no2)c2[nH]cc(C#N)c12. The Bertz CT molecular complexity index is 1100. The second kappa shape index (κ2) is 5.63. The molecule has 1 aromatic carbocycles. The van der Waals surface area contributed by atoms with Crippen molar-refractivity contribution in [3.8, 4) is 6.07 Å². The number of benzene rings is 1. The molecule has 0 saturated heterocycles. The van der Waals surface area contributed by atoms with E-state index in [-0.39, 0.29) is 10.5 Å². The van der Waals surface area contributed by atoms with E-state index in [4.69, 9.17) is 4.52 Å². The third-order valence-electron chi connectivity index (χ3n) is 3.93. The fraction of sp³-hybridized carbons (Fsp3) is 0.294.